The number of nitrogens with two attached hydrogens (primary N) is 1. The summed E-state index contributed by atoms with van der Waals surface area (Å²) in [7, 11) is 0. The molecule has 130 valence electrons. The highest BCUT2D eigenvalue weighted by molar-refractivity contribution is 7.16. The predicted octanol–water partition coefficient (Wildman–Crippen LogP) is 4.80. The van der Waals surface area contributed by atoms with Crippen LogP contribution in [-0.2, 0) is 11.2 Å². The summed E-state index contributed by atoms with van der Waals surface area (Å²) in [5.41, 5.74) is 6.92. The molecule has 0 spiro atoms. The fraction of sp³-hybridized carbons (Fsp3) is 0.667. The lowest BCUT2D eigenvalue weighted by molar-refractivity contribution is -0.116. The maximum absolute atomic E-state index is 12.1. The van der Waals surface area contributed by atoms with Crippen LogP contribution in [0.25, 0.3) is 0 Å². The van der Waals surface area contributed by atoms with Gasteiger partial charge < -0.3 is 11.1 Å². The SMILES string of the molecule is CCCCCCCCCC(=O)Nc1sc(C)c(CC)c1C(N)=O. The number of thiophene rings is 1. The summed E-state index contributed by atoms with van der Waals surface area (Å²) in [4.78, 5) is 24.8. The number of rotatable bonds is 11. The molecule has 1 rings (SSSR count). The Balaban J connectivity index is 2.44. The van der Waals surface area contributed by atoms with Gasteiger partial charge >= 0.3 is 0 Å². The van der Waals surface area contributed by atoms with Gasteiger partial charge in [-0.25, -0.2) is 0 Å². The summed E-state index contributed by atoms with van der Waals surface area (Å²) >= 11 is 1.44. The number of unbranched alkanes of at least 4 members (excludes halogenated alkanes) is 6. The molecule has 5 heteroatoms. The van der Waals surface area contributed by atoms with Crippen LogP contribution < -0.4 is 11.1 Å². The third-order valence-corrected chi connectivity index (χ3v) is 5.13. The van der Waals surface area contributed by atoms with E-state index in [1.54, 1.807) is 0 Å². The molecule has 23 heavy (non-hydrogen) atoms. The fourth-order valence-corrected chi connectivity index (χ4v) is 3.95. The molecule has 0 saturated carbocycles. The lowest BCUT2D eigenvalue weighted by Crippen LogP contribution is -2.17. The van der Waals surface area contributed by atoms with E-state index in [0.717, 1.165) is 29.7 Å². The highest BCUT2D eigenvalue weighted by atomic mass is 32.1. The van der Waals surface area contributed by atoms with E-state index in [2.05, 4.69) is 12.2 Å². The second-order valence-electron chi connectivity index (χ2n) is 5.98. The fourth-order valence-electron chi connectivity index (χ4n) is 2.78. The van der Waals surface area contributed by atoms with Crippen LogP contribution in [0.3, 0.4) is 0 Å². The van der Waals surface area contributed by atoms with Crippen LogP contribution in [0.2, 0.25) is 0 Å². The van der Waals surface area contributed by atoms with Crippen molar-refractivity contribution in [2.75, 3.05) is 5.32 Å². The number of hydrogen-bond acceptors (Lipinski definition) is 3. The van der Waals surface area contributed by atoms with E-state index in [-0.39, 0.29) is 5.91 Å². The van der Waals surface area contributed by atoms with Crippen molar-refractivity contribution >= 4 is 28.2 Å². The van der Waals surface area contributed by atoms with Crippen molar-refractivity contribution in [3.05, 3.63) is 16.0 Å². The van der Waals surface area contributed by atoms with Gasteiger partial charge in [-0.15, -0.1) is 11.3 Å². The van der Waals surface area contributed by atoms with Crippen molar-refractivity contribution in [1.82, 2.24) is 0 Å². The molecule has 0 radical (unpaired) electrons. The Morgan fingerprint density at radius 3 is 2.22 bits per heavy atom. The Morgan fingerprint density at radius 2 is 1.65 bits per heavy atom. The normalized spacial score (nSPS) is 10.7. The van der Waals surface area contributed by atoms with Crippen molar-refractivity contribution in [3.63, 3.8) is 0 Å². The highest BCUT2D eigenvalue weighted by Crippen LogP contribution is 2.33. The summed E-state index contributed by atoms with van der Waals surface area (Å²) in [5, 5.41) is 3.49. The standard InChI is InChI=1S/C18H30N2O2S/c1-4-6-7-8-9-10-11-12-15(21)20-18-16(17(19)22)14(5-2)13(3)23-18/h4-12H2,1-3H3,(H2,19,22)(H,20,21). The number of nitrogens with one attached hydrogen (secondary N) is 1. The van der Waals surface area contributed by atoms with Crippen LogP contribution in [0.1, 0.15) is 86.0 Å². The van der Waals surface area contributed by atoms with Gasteiger partial charge in [0.25, 0.3) is 5.91 Å². The van der Waals surface area contributed by atoms with Crippen molar-refractivity contribution in [3.8, 4) is 0 Å². The zero-order valence-electron chi connectivity index (χ0n) is 14.7. The summed E-state index contributed by atoms with van der Waals surface area (Å²) < 4.78 is 0. The first kappa shape index (κ1) is 19.7. The monoisotopic (exact) mass is 338 g/mol. The molecule has 0 aliphatic heterocycles. The molecule has 4 nitrogen and oxygen atoms in total. The van der Waals surface area contributed by atoms with Gasteiger partial charge in [-0.05, 0) is 25.3 Å². The molecule has 0 bridgehead atoms. The third-order valence-electron chi connectivity index (χ3n) is 4.07. The topological polar surface area (TPSA) is 72.2 Å². The van der Waals surface area contributed by atoms with Crippen LogP contribution in [-0.4, -0.2) is 11.8 Å². The first-order valence-corrected chi connectivity index (χ1v) is 9.54. The zero-order valence-corrected chi connectivity index (χ0v) is 15.5. The van der Waals surface area contributed by atoms with E-state index >= 15 is 0 Å². The van der Waals surface area contributed by atoms with Gasteiger partial charge in [0.2, 0.25) is 5.91 Å². The van der Waals surface area contributed by atoms with Gasteiger partial charge in [-0.2, -0.15) is 0 Å². The van der Waals surface area contributed by atoms with Crippen LogP contribution in [0.15, 0.2) is 0 Å². The Bertz CT molecular complexity index is 523. The maximum atomic E-state index is 12.1. The van der Waals surface area contributed by atoms with Crippen molar-refractivity contribution in [1.29, 1.82) is 0 Å². The lowest BCUT2D eigenvalue weighted by atomic mass is 10.1. The third kappa shape index (κ3) is 6.34. The zero-order chi connectivity index (χ0) is 17.2. The minimum Gasteiger partial charge on any atom is -0.365 e. The second kappa shape index (κ2) is 10.4. The Morgan fingerprint density at radius 1 is 1.04 bits per heavy atom. The second-order valence-corrected chi connectivity index (χ2v) is 7.20. The molecule has 0 saturated heterocycles. The summed E-state index contributed by atoms with van der Waals surface area (Å²) in [6.07, 6.45) is 9.53. The van der Waals surface area contributed by atoms with Crippen LogP contribution >= 0.6 is 11.3 Å². The summed E-state index contributed by atoms with van der Waals surface area (Å²) in [6.45, 7) is 6.16. The number of hydrogen-bond donors (Lipinski definition) is 2. The van der Waals surface area contributed by atoms with Crippen LogP contribution in [0, 0.1) is 6.92 Å². The number of aryl methyl sites for hydroxylation is 1. The Kier molecular flexibility index (Phi) is 8.92. The molecule has 0 aliphatic rings. The molecule has 1 aromatic heterocycles. The van der Waals surface area contributed by atoms with Gasteiger partial charge in [-0.1, -0.05) is 52.4 Å². The molecule has 1 heterocycles. The Labute approximate surface area is 143 Å². The molecule has 0 fully saturated rings. The van der Waals surface area contributed by atoms with E-state index in [1.165, 1.54) is 43.4 Å². The van der Waals surface area contributed by atoms with Crippen LogP contribution in [0.4, 0.5) is 5.00 Å². The molecule has 0 unspecified atom stereocenters. The van der Waals surface area contributed by atoms with Crippen molar-refractivity contribution < 1.29 is 9.59 Å². The Hall–Kier alpha value is -1.36. The highest BCUT2D eigenvalue weighted by Gasteiger charge is 2.20. The molecule has 3 N–H and O–H groups in total. The lowest BCUT2D eigenvalue weighted by Gasteiger charge is -2.06. The first-order chi connectivity index (χ1) is 11.0. The van der Waals surface area contributed by atoms with Crippen molar-refractivity contribution in [2.45, 2.75) is 78.6 Å². The van der Waals surface area contributed by atoms with Gasteiger partial charge in [0.15, 0.2) is 0 Å². The van der Waals surface area contributed by atoms with Gasteiger partial charge in [0, 0.05) is 11.3 Å². The quantitative estimate of drug-likeness (QED) is 0.569. The van der Waals surface area contributed by atoms with E-state index in [0.29, 0.717) is 17.0 Å². The number of amides is 2. The molecule has 0 aliphatic carbocycles. The van der Waals surface area contributed by atoms with E-state index in [9.17, 15) is 9.59 Å². The molecule has 1 aromatic rings. The van der Waals surface area contributed by atoms with Crippen LogP contribution in [0.5, 0.6) is 0 Å². The number of carbonyl (C=O) groups excluding carboxylic acids is 2. The van der Waals surface area contributed by atoms with E-state index < -0.39 is 5.91 Å². The molecular weight excluding hydrogens is 308 g/mol. The molecule has 0 aromatic carbocycles. The van der Waals surface area contributed by atoms with E-state index in [1.807, 2.05) is 13.8 Å². The average Bonchev–Trinajstić information content (AvgIpc) is 2.81. The van der Waals surface area contributed by atoms with Crippen molar-refractivity contribution in [2.24, 2.45) is 5.73 Å². The summed E-state index contributed by atoms with van der Waals surface area (Å²) in [5.74, 6) is -0.484. The number of anilines is 1. The van der Waals surface area contributed by atoms with Gasteiger partial charge in [-0.3, -0.25) is 9.59 Å². The number of carbonyl (C=O) groups is 2. The smallest absolute Gasteiger partial charge is 0.251 e. The summed E-state index contributed by atoms with van der Waals surface area (Å²) in [6, 6.07) is 0. The molecular formula is C18H30N2O2S. The maximum Gasteiger partial charge on any atom is 0.251 e. The minimum atomic E-state index is -0.461. The number of primary amides is 1. The predicted molar refractivity (Wildman–Crippen MR) is 98.2 cm³/mol. The van der Waals surface area contributed by atoms with Gasteiger partial charge in [0.05, 0.1) is 5.56 Å². The van der Waals surface area contributed by atoms with E-state index in [4.69, 9.17) is 5.73 Å². The first-order valence-electron chi connectivity index (χ1n) is 8.73. The largest absolute Gasteiger partial charge is 0.365 e. The average molecular weight is 339 g/mol. The molecule has 0 atom stereocenters. The minimum absolute atomic E-state index is 0.0232. The van der Waals surface area contributed by atoms with Gasteiger partial charge in [0.1, 0.15) is 5.00 Å². The molecule has 2 amide bonds.